The first-order valence-electron chi connectivity index (χ1n) is 6.50. The van der Waals surface area contributed by atoms with Crippen molar-refractivity contribution in [3.63, 3.8) is 0 Å². The lowest BCUT2D eigenvalue weighted by molar-refractivity contribution is 0.0420. The van der Waals surface area contributed by atoms with E-state index in [0.29, 0.717) is 12.8 Å². The molecule has 0 radical (unpaired) electrons. The maximum absolute atomic E-state index is 11.8. The van der Waals surface area contributed by atoms with E-state index in [0.717, 1.165) is 12.8 Å². The molecular weight excluding hydrogens is 228 g/mol. The Morgan fingerprint density at radius 3 is 2.39 bits per heavy atom. The van der Waals surface area contributed by atoms with E-state index >= 15 is 0 Å². The predicted octanol–water partition coefficient (Wildman–Crippen LogP) is 3.37. The number of amides is 1. The van der Waals surface area contributed by atoms with E-state index in [2.05, 4.69) is 25.2 Å². The zero-order valence-corrected chi connectivity index (χ0v) is 12.1. The fraction of sp³-hybridized carbons (Fsp3) is 0.857. The molecule has 1 atom stereocenters. The van der Waals surface area contributed by atoms with Crippen molar-refractivity contribution < 1.29 is 9.53 Å². The van der Waals surface area contributed by atoms with Gasteiger partial charge in [-0.3, -0.25) is 0 Å². The van der Waals surface area contributed by atoms with Gasteiger partial charge >= 0.3 is 6.09 Å². The SMILES string of the molecule is CC1(C)CCCC(C#N)(NC(=O)OC(C)(C)C)C1. The fourth-order valence-corrected chi connectivity index (χ4v) is 2.59. The van der Waals surface area contributed by atoms with E-state index in [4.69, 9.17) is 4.74 Å². The molecule has 0 bridgehead atoms. The zero-order valence-electron chi connectivity index (χ0n) is 12.1. The summed E-state index contributed by atoms with van der Waals surface area (Å²) in [5.74, 6) is 0. The summed E-state index contributed by atoms with van der Waals surface area (Å²) >= 11 is 0. The minimum Gasteiger partial charge on any atom is -0.444 e. The minimum absolute atomic E-state index is 0.0863. The molecule has 0 aromatic heterocycles. The molecule has 1 amide bonds. The van der Waals surface area contributed by atoms with E-state index in [1.807, 2.05) is 20.8 Å². The fourth-order valence-electron chi connectivity index (χ4n) is 2.59. The number of hydrogen-bond acceptors (Lipinski definition) is 3. The molecule has 1 unspecified atom stereocenters. The van der Waals surface area contributed by atoms with Crippen molar-refractivity contribution in [3.05, 3.63) is 0 Å². The van der Waals surface area contributed by atoms with Crippen LogP contribution in [0, 0.1) is 16.7 Å². The predicted molar refractivity (Wildman–Crippen MR) is 70.0 cm³/mol. The highest BCUT2D eigenvalue weighted by molar-refractivity contribution is 5.69. The summed E-state index contributed by atoms with van der Waals surface area (Å²) in [5, 5.41) is 12.2. The summed E-state index contributed by atoms with van der Waals surface area (Å²) in [6.45, 7) is 9.72. The molecule has 1 saturated carbocycles. The number of carbonyl (C=O) groups is 1. The molecule has 0 aliphatic heterocycles. The summed E-state index contributed by atoms with van der Waals surface area (Å²) in [4.78, 5) is 11.8. The van der Waals surface area contributed by atoms with E-state index in [1.165, 1.54) is 0 Å². The van der Waals surface area contributed by atoms with E-state index in [1.54, 1.807) is 0 Å². The van der Waals surface area contributed by atoms with E-state index in [-0.39, 0.29) is 5.41 Å². The van der Waals surface area contributed by atoms with Gasteiger partial charge in [-0.25, -0.2) is 4.79 Å². The summed E-state index contributed by atoms with van der Waals surface area (Å²) in [6, 6.07) is 2.28. The van der Waals surface area contributed by atoms with Gasteiger partial charge in [0.25, 0.3) is 0 Å². The lowest BCUT2D eigenvalue weighted by Gasteiger charge is -2.41. The Labute approximate surface area is 110 Å². The average molecular weight is 252 g/mol. The number of nitrogens with zero attached hydrogens (tertiary/aromatic N) is 1. The van der Waals surface area contributed by atoms with Gasteiger partial charge in [-0.05, 0) is 51.9 Å². The van der Waals surface area contributed by atoms with Crippen LogP contribution in [0.2, 0.25) is 0 Å². The second-order valence-electron chi connectivity index (χ2n) is 7.02. The molecule has 1 aliphatic carbocycles. The summed E-state index contributed by atoms with van der Waals surface area (Å²) in [7, 11) is 0. The lowest BCUT2D eigenvalue weighted by Crippen LogP contribution is -2.53. The van der Waals surface area contributed by atoms with Crippen molar-refractivity contribution in [2.75, 3.05) is 0 Å². The second-order valence-corrected chi connectivity index (χ2v) is 7.02. The quantitative estimate of drug-likeness (QED) is 0.778. The van der Waals surface area contributed by atoms with Gasteiger partial charge in [0, 0.05) is 0 Å². The largest absolute Gasteiger partial charge is 0.444 e. The molecule has 0 aromatic carbocycles. The van der Waals surface area contributed by atoms with Crippen LogP contribution in [0.15, 0.2) is 0 Å². The number of ether oxygens (including phenoxy) is 1. The van der Waals surface area contributed by atoms with Crippen molar-refractivity contribution in [1.82, 2.24) is 5.32 Å². The molecule has 1 N–H and O–H groups in total. The van der Waals surface area contributed by atoms with Crippen LogP contribution in [0.25, 0.3) is 0 Å². The number of nitrogens with one attached hydrogen (secondary N) is 1. The summed E-state index contributed by atoms with van der Waals surface area (Å²) in [5.41, 5.74) is -1.22. The van der Waals surface area contributed by atoms with Crippen molar-refractivity contribution in [3.8, 4) is 6.07 Å². The van der Waals surface area contributed by atoms with Crippen molar-refractivity contribution in [2.24, 2.45) is 5.41 Å². The Bertz CT molecular complexity index is 363. The third kappa shape index (κ3) is 4.21. The number of nitriles is 1. The maximum atomic E-state index is 11.8. The topological polar surface area (TPSA) is 62.1 Å². The van der Waals surface area contributed by atoms with Gasteiger partial charge in [0.2, 0.25) is 0 Å². The molecule has 0 saturated heterocycles. The molecular formula is C14H24N2O2. The molecule has 0 heterocycles. The van der Waals surface area contributed by atoms with Crippen LogP contribution in [0.5, 0.6) is 0 Å². The molecule has 4 heteroatoms. The van der Waals surface area contributed by atoms with E-state index < -0.39 is 17.2 Å². The van der Waals surface area contributed by atoms with Crippen LogP contribution < -0.4 is 5.32 Å². The molecule has 0 spiro atoms. The van der Waals surface area contributed by atoms with Crippen LogP contribution in [0.1, 0.15) is 60.3 Å². The zero-order chi connectivity index (χ0) is 14.0. The standard InChI is InChI=1S/C14H24N2O2/c1-12(2,3)18-11(17)16-14(10-15)8-6-7-13(4,5)9-14/h6-9H2,1-5H3,(H,16,17). The van der Waals surface area contributed by atoms with Gasteiger partial charge in [0.05, 0.1) is 6.07 Å². The van der Waals surface area contributed by atoms with Crippen LogP contribution in [0.4, 0.5) is 4.79 Å². The highest BCUT2D eigenvalue weighted by Crippen LogP contribution is 2.40. The highest BCUT2D eigenvalue weighted by atomic mass is 16.6. The van der Waals surface area contributed by atoms with Crippen LogP contribution in [-0.2, 0) is 4.74 Å². The average Bonchev–Trinajstić information content (AvgIpc) is 2.12. The number of carbonyl (C=O) groups excluding carboxylic acids is 1. The molecule has 18 heavy (non-hydrogen) atoms. The summed E-state index contributed by atoms with van der Waals surface area (Å²) < 4.78 is 5.23. The monoisotopic (exact) mass is 252 g/mol. The number of hydrogen-bond donors (Lipinski definition) is 1. The van der Waals surface area contributed by atoms with Crippen molar-refractivity contribution in [2.45, 2.75) is 71.4 Å². The Balaban J connectivity index is 2.73. The molecule has 1 rings (SSSR count). The maximum Gasteiger partial charge on any atom is 0.408 e. The Hall–Kier alpha value is -1.24. The Morgan fingerprint density at radius 2 is 1.94 bits per heavy atom. The van der Waals surface area contributed by atoms with Gasteiger partial charge in [0.15, 0.2) is 0 Å². The first-order valence-corrected chi connectivity index (χ1v) is 6.50. The normalized spacial score (nSPS) is 27.1. The minimum atomic E-state index is -0.774. The number of alkyl carbamates (subject to hydrolysis) is 1. The van der Waals surface area contributed by atoms with E-state index in [9.17, 15) is 10.1 Å². The van der Waals surface area contributed by atoms with Gasteiger partial charge in [-0.1, -0.05) is 13.8 Å². The molecule has 4 nitrogen and oxygen atoms in total. The smallest absolute Gasteiger partial charge is 0.408 e. The second kappa shape index (κ2) is 4.79. The lowest BCUT2D eigenvalue weighted by atomic mass is 9.68. The molecule has 1 fully saturated rings. The van der Waals surface area contributed by atoms with Gasteiger partial charge in [0.1, 0.15) is 11.1 Å². The Morgan fingerprint density at radius 1 is 1.33 bits per heavy atom. The highest BCUT2D eigenvalue weighted by Gasteiger charge is 2.42. The molecule has 102 valence electrons. The third-order valence-electron chi connectivity index (χ3n) is 3.19. The van der Waals surface area contributed by atoms with Gasteiger partial charge in [-0.15, -0.1) is 0 Å². The molecule has 1 aliphatic rings. The van der Waals surface area contributed by atoms with Gasteiger partial charge in [-0.2, -0.15) is 5.26 Å². The number of rotatable bonds is 1. The Kier molecular flexibility index (Phi) is 3.95. The third-order valence-corrected chi connectivity index (χ3v) is 3.19. The van der Waals surface area contributed by atoms with Gasteiger partial charge < -0.3 is 10.1 Å². The van der Waals surface area contributed by atoms with Crippen molar-refractivity contribution in [1.29, 1.82) is 5.26 Å². The first-order chi connectivity index (χ1) is 8.08. The first kappa shape index (κ1) is 14.8. The van der Waals surface area contributed by atoms with Crippen LogP contribution in [-0.4, -0.2) is 17.2 Å². The van der Waals surface area contributed by atoms with Crippen molar-refractivity contribution >= 4 is 6.09 Å². The molecule has 0 aromatic rings. The van der Waals surface area contributed by atoms with Crippen LogP contribution in [0.3, 0.4) is 0 Å². The summed E-state index contributed by atoms with van der Waals surface area (Å²) in [6.07, 6.45) is 2.92. The van der Waals surface area contributed by atoms with Crippen LogP contribution >= 0.6 is 0 Å².